The Labute approximate surface area is 122 Å². The molecule has 2 rings (SSSR count). The van der Waals surface area contributed by atoms with Gasteiger partial charge in [0, 0.05) is 22.7 Å². The van der Waals surface area contributed by atoms with E-state index in [1.165, 1.54) is 18.2 Å². The van der Waals surface area contributed by atoms with Crippen molar-refractivity contribution in [2.24, 2.45) is 0 Å². The molecule has 0 saturated heterocycles. The lowest BCUT2D eigenvalue weighted by Gasteiger charge is -2.11. The first-order valence-corrected chi connectivity index (χ1v) is 6.63. The van der Waals surface area contributed by atoms with Gasteiger partial charge in [-0.05, 0) is 24.1 Å². The second-order valence-electron chi connectivity index (χ2n) is 4.28. The predicted octanol–water partition coefficient (Wildman–Crippen LogP) is 4.39. The molecule has 0 spiro atoms. The van der Waals surface area contributed by atoms with Crippen molar-refractivity contribution in [1.82, 2.24) is 0 Å². The van der Waals surface area contributed by atoms with Crippen molar-refractivity contribution in [3.63, 3.8) is 0 Å². The molecule has 0 bridgehead atoms. The Morgan fingerprint density at radius 2 is 1.95 bits per heavy atom. The molecule has 0 unspecified atom stereocenters. The number of ether oxygens (including phenoxy) is 1. The molecule has 0 atom stereocenters. The van der Waals surface area contributed by atoms with Gasteiger partial charge in [0.2, 0.25) is 0 Å². The van der Waals surface area contributed by atoms with Gasteiger partial charge in [0.05, 0.1) is 4.92 Å². The van der Waals surface area contributed by atoms with Crippen LogP contribution < -0.4 is 4.74 Å². The van der Waals surface area contributed by atoms with Gasteiger partial charge in [0.15, 0.2) is 0 Å². The second-order valence-corrected chi connectivity index (χ2v) is 4.69. The average molecular weight is 292 g/mol. The van der Waals surface area contributed by atoms with Gasteiger partial charge in [-0.1, -0.05) is 36.7 Å². The number of halogens is 1. The lowest BCUT2D eigenvalue weighted by molar-refractivity contribution is -0.384. The minimum atomic E-state index is -0.445. The fourth-order valence-electron chi connectivity index (χ4n) is 1.88. The molecule has 2 aromatic carbocycles. The number of aryl methyl sites for hydroxylation is 1. The van der Waals surface area contributed by atoms with Crippen molar-refractivity contribution < 1.29 is 9.66 Å². The molecular weight excluding hydrogens is 278 g/mol. The van der Waals surface area contributed by atoms with Crippen LogP contribution in [0, 0.1) is 10.1 Å². The number of para-hydroxylation sites is 1. The standard InChI is InChI=1S/C15H14ClNO3/c1-2-11-5-3-4-6-15(11)20-10-12-9-13(17(18)19)7-8-14(12)16/h3-9H,2,10H2,1H3. The summed E-state index contributed by atoms with van der Waals surface area (Å²) in [5.74, 6) is 0.776. The van der Waals surface area contributed by atoms with E-state index < -0.39 is 4.92 Å². The molecule has 104 valence electrons. The van der Waals surface area contributed by atoms with Crippen molar-refractivity contribution in [1.29, 1.82) is 0 Å². The number of nitrogens with zero attached hydrogens (tertiary/aromatic N) is 1. The molecule has 0 saturated carbocycles. The first kappa shape index (κ1) is 14.3. The zero-order valence-electron chi connectivity index (χ0n) is 11.0. The summed E-state index contributed by atoms with van der Waals surface area (Å²) in [5.41, 5.74) is 1.71. The molecule has 0 aromatic heterocycles. The minimum absolute atomic E-state index is 0.0109. The SMILES string of the molecule is CCc1ccccc1OCc1cc([N+](=O)[O-])ccc1Cl. The Kier molecular flexibility index (Phi) is 4.58. The number of nitro groups is 1. The van der Waals surface area contributed by atoms with E-state index in [-0.39, 0.29) is 12.3 Å². The summed E-state index contributed by atoms with van der Waals surface area (Å²) in [5, 5.41) is 11.2. The molecular formula is C15H14ClNO3. The highest BCUT2D eigenvalue weighted by Gasteiger charge is 2.10. The Morgan fingerprint density at radius 1 is 1.20 bits per heavy atom. The van der Waals surface area contributed by atoms with Crippen LogP contribution in [0.5, 0.6) is 5.75 Å². The maximum absolute atomic E-state index is 10.8. The van der Waals surface area contributed by atoms with E-state index in [2.05, 4.69) is 0 Å². The summed E-state index contributed by atoms with van der Waals surface area (Å²) in [4.78, 5) is 10.3. The van der Waals surface area contributed by atoms with E-state index in [4.69, 9.17) is 16.3 Å². The van der Waals surface area contributed by atoms with Gasteiger partial charge in [0.1, 0.15) is 12.4 Å². The van der Waals surface area contributed by atoms with Crippen LogP contribution in [-0.2, 0) is 13.0 Å². The van der Waals surface area contributed by atoms with Gasteiger partial charge in [-0.3, -0.25) is 10.1 Å². The lowest BCUT2D eigenvalue weighted by Crippen LogP contribution is -2.00. The Hall–Kier alpha value is -2.07. The number of benzene rings is 2. The van der Waals surface area contributed by atoms with Crippen LogP contribution in [0.2, 0.25) is 5.02 Å². The van der Waals surface area contributed by atoms with Crippen LogP contribution in [0.15, 0.2) is 42.5 Å². The molecule has 2 aromatic rings. The first-order valence-electron chi connectivity index (χ1n) is 6.25. The van der Waals surface area contributed by atoms with Crippen LogP contribution in [-0.4, -0.2) is 4.92 Å². The number of nitro benzene ring substituents is 1. The molecule has 20 heavy (non-hydrogen) atoms. The maximum Gasteiger partial charge on any atom is 0.269 e. The van der Waals surface area contributed by atoms with Crippen molar-refractivity contribution >= 4 is 17.3 Å². The fourth-order valence-corrected chi connectivity index (χ4v) is 2.05. The Bertz CT molecular complexity index is 628. The van der Waals surface area contributed by atoms with Crippen LogP contribution >= 0.6 is 11.6 Å². The van der Waals surface area contributed by atoms with Crippen molar-refractivity contribution in [2.45, 2.75) is 20.0 Å². The van der Waals surface area contributed by atoms with Gasteiger partial charge < -0.3 is 4.74 Å². The quantitative estimate of drug-likeness (QED) is 0.606. The maximum atomic E-state index is 10.8. The van der Waals surface area contributed by atoms with Gasteiger partial charge in [-0.25, -0.2) is 0 Å². The summed E-state index contributed by atoms with van der Waals surface area (Å²) in [6.45, 7) is 2.25. The van der Waals surface area contributed by atoms with Gasteiger partial charge in [-0.2, -0.15) is 0 Å². The van der Waals surface area contributed by atoms with E-state index in [1.807, 2.05) is 31.2 Å². The van der Waals surface area contributed by atoms with Crippen LogP contribution in [0.4, 0.5) is 5.69 Å². The topological polar surface area (TPSA) is 52.4 Å². The number of hydrogen-bond acceptors (Lipinski definition) is 3. The van der Waals surface area contributed by atoms with Crippen molar-refractivity contribution in [2.75, 3.05) is 0 Å². The van der Waals surface area contributed by atoms with Crippen molar-refractivity contribution in [3.8, 4) is 5.75 Å². The first-order chi connectivity index (χ1) is 9.61. The highest BCUT2D eigenvalue weighted by Crippen LogP contribution is 2.25. The number of hydrogen-bond donors (Lipinski definition) is 0. The van der Waals surface area contributed by atoms with Crippen molar-refractivity contribution in [3.05, 3.63) is 68.7 Å². The summed E-state index contributed by atoms with van der Waals surface area (Å²) in [7, 11) is 0. The third-order valence-electron chi connectivity index (χ3n) is 2.98. The normalized spacial score (nSPS) is 10.3. The number of non-ortho nitro benzene ring substituents is 1. The number of rotatable bonds is 5. The molecule has 0 aliphatic rings. The van der Waals surface area contributed by atoms with Gasteiger partial charge in [0.25, 0.3) is 5.69 Å². The predicted molar refractivity (Wildman–Crippen MR) is 78.3 cm³/mol. The molecule has 0 fully saturated rings. The Morgan fingerprint density at radius 3 is 2.65 bits per heavy atom. The lowest BCUT2D eigenvalue weighted by atomic mass is 10.1. The van der Waals surface area contributed by atoms with E-state index in [0.29, 0.717) is 10.6 Å². The summed E-state index contributed by atoms with van der Waals surface area (Å²) in [6.07, 6.45) is 0.860. The van der Waals surface area contributed by atoms with E-state index in [9.17, 15) is 10.1 Å². The second kappa shape index (κ2) is 6.39. The zero-order valence-corrected chi connectivity index (χ0v) is 11.8. The molecule has 4 nitrogen and oxygen atoms in total. The summed E-state index contributed by atoms with van der Waals surface area (Å²) < 4.78 is 5.72. The highest BCUT2D eigenvalue weighted by molar-refractivity contribution is 6.31. The smallest absolute Gasteiger partial charge is 0.269 e. The van der Waals surface area contributed by atoms with Crippen LogP contribution in [0.3, 0.4) is 0 Å². The van der Waals surface area contributed by atoms with Crippen LogP contribution in [0.1, 0.15) is 18.1 Å². The third-order valence-corrected chi connectivity index (χ3v) is 3.35. The largest absolute Gasteiger partial charge is 0.489 e. The van der Waals surface area contributed by atoms with Gasteiger partial charge in [-0.15, -0.1) is 0 Å². The van der Waals surface area contributed by atoms with Gasteiger partial charge >= 0.3 is 0 Å². The molecule has 0 N–H and O–H groups in total. The minimum Gasteiger partial charge on any atom is -0.489 e. The molecule has 0 heterocycles. The summed E-state index contributed by atoms with van der Waals surface area (Å²) in [6, 6.07) is 12.1. The highest BCUT2D eigenvalue weighted by atomic mass is 35.5. The zero-order chi connectivity index (χ0) is 14.5. The molecule has 5 heteroatoms. The Balaban J connectivity index is 2.18. The molecule has 0 radical (unpaired) electrons. The molecule has 0 amide bonds. The molecule has 0 aliphatic carbocycles. The average Bonchev–Trinajstić information content (AvgIpc) is 2.46. The third kappa shape index (κ3) is 3.27. The van der Waals surface area contributed by atoms with Crippen LogP contribution in [0.25, 0.3) is 0 Å². The van der Waals surface area contributed by atoms with E-state index >= 15 is 0 Å². The van der Waals surface area contributed by atoms with E-state index in [1.54, 1.807) is 0 Å². The monoisotopic (exact) mass is 291 g/mol. The molecule has 0 aliphatic heterocycles. The van der Waals surface area contributed by atoms with E-state index in [0.717, 1.165) is 17.7 Å². The fraction of sp³-hybridized carbons (Fsp3) is 0.200. The summed E-state index contributed by atoms with van der Waals surface area (Å²) >= 11 is 6.04.